The molecule has 5 nitrogen and oxygen atoms in total. The summed E-state index contributed by atoms with van der Waals surface area (Å²) in [6.45, 7) is 0.419. The third kappa shape index (κ3) is 2.30. The van der Waals surface area contributed by atoms with Gasteiger partial charge in [-0.15, -0.1) is 0 Å². The van der Waals surface area contributed by atoms with E-state index in [2.05, 4.69) is 0 Å². The molecule has 4 rings (SSSR count). The summed E-state index contributed by atoms with van der Waals surface area (Å²) in [6, 6.07) is 10.8. The van der Waals surface area contributed by atoms with Gasteiger partial charge in [0.1, 0.15) is 18.1 Å². The maximum Gasteiger partial charge on any atom is 0.231 e. The molecule has 0 saturated heterocycles. The van der Waals surface area contributed by atoms with Crippen molar-refractivity contribution < 1.29 is 23.7 Å². The third-order valence-corrected chi connectivity index (χ3v) is 3.86. The van der Waals surface area contributed by atoms with Gasteiger partial charge in [0.2, 0.25) is 6.79 Å². The van der Waals surface area contributed by atoms with E-state index in [1.54, 1.807) is 31.4 Å². The molecular formula is C18H14O5. The number of rotatable bonds is 2. The predicted molar refractivity (Wildman–Crippen MR) is 83.4 cm³/mol. The van der Waals surface area contributed by atoms with E-state index in [1.165, 1.54) is 0 Å². The Labute approximate surface area is 133 Å². The number of fused-ring (bicyclic) bond motifs is 2. The first-order chi connectivity index (χ1) is 11.3. The summed E-state index contributed by atoms with van der Waals surface area (Å²) in [4.78, 5) is 12.7. The molecule has 0 N–H and O–H groups in total. The van der Waals surface area contributed by atoms with Gasteiger partial charge in [0.15, 0.2) is 17.3 Å². The minimum Gasteiger partial charge on any atom is -0.497 e. The van der Waals surface area contributed by atoms with Crippen molar-refractivity contribution in [2.45, 2.75) is 0 Å². The van der Waals surface area contributed by atoms with E-state index in [-0.39, 0.29) is 19.2 Å². The number of carbonyl (C=O) groups excluding carboxylic acids is 1. The number of hydrogen-bond donors (Lipinski definition) is 0. The van der Waals surface area contributed by atoms with Crippen LogP contribution in [0.5, 0.6) is 23.0 Å². The fraction of sp³-hybridized carbons (Fsp3) is 0.167. The lowest BCUT2D eigenvalue weighted by Gasteiger charge is -2.19. The summed E-state index contributed by atoms with van der Waals surface area (Å²) in [5.41, 5.74) is 1.87. The molecule has 2 aliphatic heterocycles. The van der Waals surface area contributed by atoms with Crippen LogP contribution in [0.25, 0.3) is 6.08 Å². The van der Waals surface area contributed by atoms with Gasteiger partial charge in [-0.3, -0.25) is 4.79 Å². The molecule has 116 valence electrons. The highest BCUT2D eigenvalue weighted by molar-refractivity contribution is 6.14. The van der Waals surface area contributed by atoms with E-state index in [9.17, 15) is 4.79 Å². The van der Waals surface area contributed by atoms with Crippen LogP contribution in [0.15, 0.2) is 42.0 Å². The largest absolute Gasteiger partial charge is 0.497 e. The van der Waals surface area contributed by atoms with E-state index >= 15 is 0 Å². The second-order valence-electron chi connectivity index (χ2n) is 5.23. The molecule has 0 bridgehead atoms. The maximum absolute atomic E-state index is 12.7. The molecule has 23 heavy (non-hydrogen) atoms. The normalized spacial score (nSPS) is 16.9. The van der Waals surface area contributed by atoms with Crippen molar-refractivity contribution in [1.29, 1.82) is 0 Å². The number of Topliss-reactive ketones (excluding diaryl/α,β-unsaturated/α-hetero) is 1. The van der Waals surface area contributed by atoms with Crippen molar-refractivity contribution in [3.05, 3.63) is 53.1 Å². The summed E-state index contributed by atoms with van der Waals surface area (Å²) >= 11 is 0. The topological polar surface area (TPSA) is 54.0 Å². The lowest BCUT2D eigenvalue weighted by atomic mass is 9.98. The zero-order valence-corrected chi connectivity index (χ0v) is 12.5. The van der Waals surface area contributed by atoms with Crippen LogP contribution in [0, 0.1) is 0 Å². The SMILES string of the molecule is COc1ccc2c(c1)C(=O)/C(=C/c1cccc3c1OCO3)CO2. The average Bonchev–Trinajstić information content (AvgIpc) is 3.07. The third-order valence-electron chi connectivity index (χ3n) is 3.86. The summed E-state index contributed by atoms with van der Waals surface area (Å²) in [6.07, 6.45) is 1.79. The standard InChI is InChI=1S/C18H14O5/c1-20-13-5-6-15-14(8-13)17(19)12(9-21-15)7-11-3-2-4-16-18(11)23-10-22-16/h2-8H,9-10H2,1H3/b12-7+. The van der Waals surface area contributed by atoms with E-state index in [0.29, 0.717) is 34.1 Å². The molecule has 2 aromatic carbocycles. The molecular weight excluding hydrogens is 296 g/mol. The molecule has 0 saturated carbocycles. The van der Waals surface area contributed by atoms with Crippen LogP contribution in [0.4, 0.5) is 0 Å². The van der Waals surface area contributed by atoms with Gasteiger partial charge >= 0.3 is 0 Å². The first-order valence-electron chi connectivity index (χ1n) is 7.21. The minimum atomic E-state index is -0.0679. The second kappa shape index (κ2) is 5.35. The number of ketones is 1. The van der Waals surface area contributed by atoms with Gasteiger partial charge < -0.3 is 18.9 Å². The Bertz CT molecular complexity index is 822. The highest BCUT2D eigenvalue weighted by Gasteiger charge is 2.25. The molecule has 2 aromatic rings. The summed E-state index contributed by atoms with van der Waals surface area (Å²) in [5, 5.41) is 0. The second-order valence-corrected chi connectivity index (χ2v) is 5.23. The van der Waals surface area contributed by atoms with E-state index in [0.717, 1.165) is 5.56 Å². The maximum atomic E-state index is 12.7. The van der Waals surface area contributed by atoms with Crippen molar-refractivity contribution in [3.63, 3.8) is 0 Å². The van der Waals surface area contributed by atoms with Gasteiger partial charge in [0, 0.05) is 11.1 Å². The number of carbonyl (C=O) groups is 1. The monoisotopic (exact) mass is 310 g/mol. The van der Waals surface area contributed by atoms with Gasteiger partial charge in [0.05, 0.1) is 12.7 Å². The highest BCUT2D eigenvalue weighted by Crippen LogP contribution is 2.38. The first-order valence-corrected chi connectivity index (χ1v) is 7.21. The van der Waals surface area contributed by atoms with Gasteiger partial charge in [0.25, 0.3) is 0 Å². The molecule has 0 aliphatic carbocycles. The van der Waals surface area contributed by atoms with Crippen LogP contribution in [0.1, 0.15) is 15.9 Å². The van der Waals surface area contributed by atoms with Gasteiger partial charge in [-0.05, 0) is 30.3 Å². The van der Waals surface area contributed by atoms with Crippen LogP contribution in [-0.4, -0.2) is 26.3 Å². The summed E-state index contributed by atoms with van der Waals surface area (Å²) in [7, 11) is 1.57. The fourth-order valence-corrected chi connectivity index (χ4v) is 2.69. The Morgan fingerprint density at radius 2 is 2.00 bits per heavy atom. The fourth-order valence-electron chi connectivity index (χ4n) is 2.69. The molecule has 0 radical (unpaired) electrons. The van der Waals surface area contributed by atoms with Crippen LogP contribution < -0.4 is 18.9 Å². The molecule has 0 unspecified atom stereocenters. The molecule has 0 atom stereocenters. The molecule has 0 aromatic heterocycles. The first kappa shape index (κ1) is 13.7. The van der Waals surface area contributed by atoms with Crippen molar-refractivity contribution in [1.82, 2.24) is 0 Å². The quantitative estimate of drug-likeness (QED) is 0.798. The smallest absolute Gasteiger partial charge is 0.231 e. The Morgan fingerprint density at radius 1 is 1.09 bits per heavy atom. The van der Waals surface area contributed by atoms with Crippen molar-refractivity contribution in [2.75, 3.05) is 20.5 Å². The highest BCUT2D eigenvalue weighted by atomic mass is 16.7. The van der Waals surface area contributed by atoms with E-state index < -0.39 is 0 Å². The van der Waals surface area contributed by atoms with Crippen molar-refractivity contribution >= 4 is 11.9 Å². The zero-order chi connectivity index (χ0) is 15.8. The van der Waals surface area contributed by atoms with E-state index in [1.807, 2.05) is 18.2 Å². The van der Waals surface area contributed by atoms with Gasteiger partial charge in [-0.25, -0.2) is 0 Å². The Morgan fingerprint density at radius 3 is 2.87 bits per heavy atom. The number of ether oxygens (including phenoxy) is 4. The minimum absolute atomic E-state index is 0.0679. The Balaban J connectivity index is 1.74. The zero-order valence-electron chi connectivity index (χ0n) is 12.5. The molecule has 2 aliphatic rings. The van der Waals surface area contributed by atoms with Crippen LogP contribution >= 0.6 is 0 Å². The number of hydrogen-bond acceptors (Lipinski definition) is 5. The average molecular weight is 310 g/mol. The summed E-state index contributed by atoms with van der Waals surface area (Å²) < 4.78 is 21.7. The van der Waals surface area contributed by atoms with Crippen molar-refractivity contribution in [2.24, 2.45) is 0 Å². The lowest BCUT2D eigenvalue weighted by molar-refractivity contribution is 0.100. The lowest BCUT2D eigenvalue weighted by Crippen LogP contribution is -2.19. The summed E-state index contributed by atoms with van der Waals surface area (Å²) in [5.74, 6) is 2.47. The van der Waals surface area contributed by atoms with Gasteiger partial charge in [-0.1, -0.05) is 12.1 Å². The van der Waals surface area contributed by atoms with Crippen molar-refractivity contribution in [3.8, 4) is 23.0 Å². The molecule has 2 heterocycles. The molecule has 0 spiro atoms. The molecule has 0 amide bonds. The van der Waals surface area contributed by atoms with Crippen LogP contribution in [-0.2, 0) is 0 Å². The van der Waals surface area contributed by atoms with Crippen LogP contribution in [0.2, 0.25) is 0 Å². The number of para-hydroxylation sites is 1. The van der Waals surface area contributed by atoms with Gasteiger partial charge in [-0.2, -0.15) is 0 Å². The number of methoxy groups -OCH3 is 1. The Kier molecular flexibility index (Phi) is 3.19. The number of benzene rings is 2. The predicted octanol–water partition coefficient (Wildman–Crippen LogP) is 3.08. The molecule has 0 fully saturated rings. The van der Waals surface area contributed by atoms with Crippen LogP contribution in [0.3, 0.4) is 0 Å². The van der Waals surface area contributed by atoms with E-state index in [4.69, 9.17) is 18.9 Å². The Hall–Kier alpha value is -2.95. The molecule has 5 heteroatoms.